The second-order valence-electron chi connectivity index (χ2n) is 8.84. The van der Waals surface area contributed by atoms with Gasteiger partial charge in [0, 0.05) is 29.8 Å². The van der Waals surface area contributed by atoms with Crippen molar-refractivity contribution in [3.63, 3.8) is 0 Å². The molecule has 1 aliphatic heterocycles. The number of halogens is 3. The molecule has 3 aromatic rings. The number of benzene rings is 2. The van der Waals surface area contributed by atoms with Crippen molar-refractivity contribution in [3.05, 3.63) is 87.0 Å². The Bertz CT molecular complexity index is 1630. The van der Waals surface area contributed by atoms with E-state index >= 15 is 0 Å². The minimum absolute atomic E-state index is 0.0319. The number of allylic oxidation sites excluding steroid dienone is 2. The third-order valence-electron chi connectivity index (χ3n) is 6.16. The molecule has 198 valence electrons. The number of hydrogen-bond acceptors (Lipinski definition) is 7. The van der Waals surface area contributed by atoms with Crippen LogP contribution in [0.3, 0.4) is 0 Å². The van der Waals surface area contributed by atoms with E-state index in [1.165, 1.54) is 40.7 Å². The molecule has 2 heterocycles. The summed E-state index contributed by atoms with van der Waals surface area (Å²) < 4.78 is 65.9. The van der Waals surface area contributed by atoms with Crippen molar-refractivity contribution in [1.29, 1.82) is 5.26 Å². The van der Waals surface area contributed by atoms with Crippen molar-refractivity contribution in [1.82, 2.24) is 14.3 Å². The number of sulfone groups is 1. The zero-order chi connectivity index (χ0) is 27.8. The van der Waals surface area contributed by atoms with Crippen molar-refractivity contribution in [3.8, 4) is 6.07 Å². The molecule has 38 heavy (non-hydrogen) atoms. The van der Waals surface area contributed by atoms with E-state index in [4.69, 9.17) is 5.26 Å². The van der Waals surface area contributed by atoms with E-state index in [2.05, 4.69) is 5.10 Å². The molecule has 1 unspecified atom stereocenters. The van der Waals surface area contributed by atoms with Gasteiger partial charge in [0.15, 0.2) is 0 Å². The minimum Gasteiger partial charge on any atom is -0.298 e. The van der Waals surface area contributed by atoms with Gasteiger partial charge in [0.2, 0.25) is 5.95 Å². The van der Waals surface area contributed by atoms with Crippen molar-refractivity contribution < 1.29 is 26.4 Å². The summed E-state index contributed by atoms with van der Waals surface area (Å²) in [5.74, 6) is -0.235. The maximum absolute atomic E-state index is 13.6. The molecule has 1 atom stereocenters. The predicted octanol–water partition coefficient (Wildman–Crippen LogP) is 3.58. The zero-order valence-corrected chi connectivity index (χ0v) is 21.1. The van der Waals surface area contributed by atoms with Crippen molar-refractivity contribution in [2.75, 3.05) is 16.9 Å². The third kappa shape index (κ3) is 5.12. The SMILES string of the molecule is CC1=C(C=O)C(c2ccc(C#N)cc2)n2c(nn(CCCS(C)(=O)=O)c2=O)N1c1cccc(C(F)(F)F)c1. The lowest BCUT2D eigenvalue weighted by molar-refractivity contribution is -0.137. The van der Waals surface area contributed by atoms with E-state index in [-0.39, 0.29) is 41.6 Å². The number of carbonyl (C=O) groups excluding carboxylic acids is 1. The van der Waals surface area contributed by atoms with E-state index in [0.717, 1.165) is 23.1 Å². The Labute approximate surface area is 215 Å². The number of rotatable bonds is 7. The standard InChI is InChI=1S/C25H22F3N5O4S/c1-16-21(15-34)22(18-9-7-17(14-29)8-10-18)33-23(30-31(24(33)35)11-4-12-38(2,36)37)32(16)20-6-3-5-19(13-20)25(26,27)28/h3,5-10,13,15,22H,4,11-12H2,1-2H3. The number of hydrogen-bond donors (Lipinski definition) is 0. The van der Waals surface area contributed by atoms with Crippen molar-refractivity contribution >= 4 is 27.8 Å². The number of aryl methyl sites for hydroxylation is 1. The van der Waals surface area contributed by atoms with Gasteiger partial charge in [0.1, 0.15) is 16.1 Å². The van der Waals surface area contributed by atoms with Gasteiger partial charge < -0.3 is 0 Å². The first-order valence-electron chi connectivity index (χ1n) is 11.4. The molecule has 0 radical (unpaired) electrons. The second-order valence-corrected chi connectivity index (χ2v) is 11.1. The quantitative estimate of drug-likeness (QED) is 0.417. The van der Waals surface area contributed by atoms with E-state index in [0.29, 0.717) is 17.4 Å². The van der Waals surface area contributed by atoms with Crippen LogP contribution in [0, 0.1) is 11.3 Å². The Morgan fingerprint density at radius 3 is 2.42 bits per heavy atom. The fraction of sp³-hybridized carbons (Fsp3) is 0.280. The molecule has 0 fully saturated rings. The zero-order valence-electron chi connectivity index (χ0n) is 20.3. The molecule has 9 nitrogen and oxygen atoms in total. The fourth-order valence-electron chi connectivity index (χ4n) is 4.37. The number of aromatic nitrogens is 3. The van der Waals surface area contributed by atoms with Gasteiger partial charge >= 0.3 is 11.9 Å². The first-order valence-corrected chi connectivity index (χ1v) is 13.4. The highest BCUT2D eigenvalue weighted by Gasteiger charge is 2.38. The van der Waals surface area contributed by atoms with Crippen LogP contribution in [0.15, 0.2) is 64.6 Å². The number of anilines is 2. The van der Waals surface area contributed by atoms with E-state index in [9.17, 15) is 31.2 Å². The Hall–Kier alpha value is -4.18. The first kappa shape index (κ1) is 26.9. The Morgan fingerprint density at radius 2 is 1.84 bits per heavy atom. The van der Waals surface area contributed by atoms with Gasteiger partial charge in [0.05, 0.1) is 29.0 Å². The molecule has 0 spiro atoms. The molecule has 0 N–H and O–H groups in total. The summed E-state index contributed by atoms with van der Waals surface area (Å²) in [5, 5.41) is 13.5. The smallest absolute Gasteiger partial charge is 0.298 e. The summed E-state index contributed by atoms with van der Waals surface area (Å²) in [4.78, 5) is 27.2. The molecule has 13 heteroatoms. The average molecular weight is 546 g/mol. The average Bonchev–Trinajstić information content (AvgIpc) is 3.17. The summed E-state index contributed by atoms with van der Waals surface area (Å²) in [7, 11) is -3.31. The largest absolute Gasteiger partial charge is 0.416 e. The number of alkyl halides is 3. The van der Waals surface area contributed by atoms with E-state index in [1.54, 1.807) is 12.1 Å². The predicted molar refractivity (Wildman–Crippen MR) is 132 cm³/mol. The number of nitriles is 1. The summed E-state index contributed by atoms with van der Waals surface area (Å²) >= 11 is 0. The molecular formula is C25H22F3N5O4S. The van der Waals surface area contributed by atoms with Gasteiger partial charge in [-0.15, -0.1) is 5.10 Å². The van der Waals surface area contributed by atoms with Crippen LogP contribution in [0.1, 0.15) is 36.1 Å². The lowest BCUT2D eigenvalue weighted by Gasteiger charge is -2.34. The van der Waals surface area contributed by atoms with E-state index in [1.807, 2.05) is 6.07 Å². The maximum atomic E-state index is 13.6. The molecule has 0 bridgehead atoms. The van der Waals surface area contributed by atoms with Gasteiger partial charge in [-0.2, -0.15) is 18.4 Å². The Balaban J connectivity index is 1.94. The molecular weight excluding hydrogens is 523 g/mol. The van der Waals surface area contributed by atoms with Crippen LogP contribution < -0.4 is 10.6 Å². The first-order chi connectivity index (χ1) is 17.9. The molecule has 0 saturated heterocycles. The van der Waals surface area contributed by atoms with Gasteiger partial charge in [-0.05, 0) is 49.2 Å². The molecule has 0 saturated carbocycles. The summed E-state index contributed by atoms with van der Waals surface area (Å²) in [6, 6.07) is 11.6. The van der Waals surface area contributed by atoms with Crippen LogP contribution in [0.5, 0.6) is 0 Å². The number of aldehydes is 1. The van der Waals surface area contributed by atoms with Crippen LogP contribution in [0.25, 0.3) is 0 Å². The van der Waals surface area contributed by atoms with Crippen LogP contribution in [0.4, 0.5) is 24.8 Å². The topological polar surface area (TPSA) is 118 Å². The Morgan fingerprint density at radius 1 is 1.16 bits per heavy atom. The number of carbonyl (C=O) groups is 1. The third-order valence-corrected chi connectivity index (χ3v) is 7.19. The molecule has 1 aromatic heterocycles. The van der Waals surface area contributed by atoms with Crippen LogP contribution >= 0.6 is 0 Å². The lowest BCUT2D eigenvalue weighted by Crippen LogP contribution is -2.36. The van der Waals surface area contributed by atoms with Gasteiger partial charge in [0.25, 0.3) is 0 Å². The monoisotopic (exact) mass is 545 g/mol. The van der Waals surface area contributed by atoms with Crippen LogP contribution in [0.2, 0.25) is 0 Å². The van der Waals surface area contributed by atoms with Crippen molar-refractivity contribution in [2.24, 2.45) is 0 Å². The molecule has 1 aliphatic rings. The van der Waals surface area contributed by atoms with E-state index < -0.39 is 33.3 Å². The lowest BCUT2D eigenvalue weighted by atomic mass is 9.94. The van der Waals surface area contributed by atoms with Crippen molar-refractivity contribution in [2.45, 2.75) is 32.1 Å². The van der Waals surface area contributed by atoms with Gasteiger partial charge in [-0.1, -0.05) is 18.2 Å². The molecule has 2 aromatic carbocycles. The van der Waals surface area contributed by atoms with Gasteiger partial charge in [-0.3, -0.25) is 9.69 Å². The molecule has 0 aliphatic carbocycles. The van der Waals surface area contributed by atoms with Crippen LogP contribution in [-0.2, 0) is 27.4 Å². The fourth-order valence-corrected chi connectivity index (χ4v) is 5.03. The molecule has 4 rings (SSSR count). The number of nitrogens with zero attached hydrogens (tertiary/aromatic N) is 5. The maximum Gasteiger partial charge on any atom is 0.416 e. The highest BCUT2D eigenvalue weighted by molar-refractivity contribution is 7.90. The Kier molecular flexibility index (Phi) is 7.03. The normalized spacial score (nSPS) is 15.8. The van der Waals surface area contributed by atoms with Gasteiger partial charge in [-0.25, -0.2) is 22.5 Å². The summed E-state index contributed by atoms with van der Waals surface area (Å²) in [6.07, 6.45) is -2.96. The second kappa shape index (κ2) is 9.94. The van der Waals surface area contributed by atoms with Crippen LogP contribution in [-0.4, -0.2) is 41.1 Å². The summed E-state index contributed by atoms with van der Waals surface area (Å²) in [6.45, 7) is 1.47. The number of fused-ring (bicyclic) bond motifs is 1. The molecule has 0 amide bonds. The summed E-state index contributed by atoms with van der Waals surface area (Å²) in [5.41, 5.74) is -0.366. The minimum atomic E-state index is -4.63. The highest BCUT2D eigenvalue weighted by Crippen LogP contribution is 2.42. The highest BCUT2D eigenvalue weighted by atomic mass is 32.2.